The average Bonchev–Trinajstić information content (AvgIpc) is 3.07. The zero-order valence-electron chi connectivity index (χ0n) is 25.0. The summed E-state index contributed by atoms with van der Waals surface area (Å²) in [5.74, 6) is 1.12. The number of carbonyl (C=O) groups is 2. The lowest BCUT2D eigenvalue weighted by atomic mass is 10.1. The maximum Gasteiger partial charge on any atom is 0.427 e. The number of amides is 2. The van der Waals surface area contributed by atoms with Gasteiger partial charge in [-0.25, -0.2) is 19.3 Å². The zero-order valence-corrected chi connectivity index (χ0v) is 25.8. The van der Waals surface area contributed by atoms with Crippen LogP contribution >= 0.6 is 11.8 Å². The molecule has 2 N–H and O–H groups in total. The van der Waals surface area contributed by atoms with Crippen LogP contribution in [0.15, 0.2) is 16.8 Å². The molecule has 0 fully saturated rings. The smallest absolute Gasteiger partial charge is 0.427 e. The molecule has 0 bridgehead atoms. The summed E-state index contributed by atoms with van der Waals surface area (Å²) >= 11 is 1.43. The van der Waals surface area contributed by atoms with E-state index in [2.05, 4.69) is 9.97 Å². The lowest BCUT2D eigenvalue weighted by Crippen LogP contribution is -2.44. The van der Waals surface area contributed by atoms with E-state index in [0.29, 0.717) is 34.1 Å². The van der Waals surface area contributed by atoms with E-state index in [4.69, 9.17) is 30.0 Å². The molecular weight excluding hydrogens is 546 g/mol. The molecule has 12 nitrogen and oxygen atoms in total. The van der Waals surface area contributed by atoms with Gasteiger partial charge in [-0.1, -0.05) is 0 Å². The molecule has 3 aromatic heterocycles. The first-order valence-electron chi connectivity index (χ1n) is 13.2. The number of methoxy groups -OCH3 is 1. The highest BCUT2D eigenvalue weighted by molar-refractivity contribution is 7.99. The first-order valence-corrected chi connectivity index (χ1v) is 14.2. The van der Waals surface area contributed by atoms with Crippen molar-refractivity contribution in [3.63, 3.8) is 0 Å². The topological polar surface area (TPSA) is 148 Å². The maximum absolute atomic E-state index is 13.4. The van der Waals surface area contributed by atoms with Gasteiger partial charge in [-0.2, -0.15) is 10.1 Å². The van der Waals surface area contributed by atoms with Crippen LogP contribution in [0.2, 0.25) is 0 Å². The third kappa shape index (κ3) is 6.62. The number of aromatic nitrogens is 5. The molecule has 1 aliphatic rings. The second-order valence-corrected chi connectivity index (χ2v) is 12.7. The maximum atomic E-state index is 13.4. The van der Waals surface area contributed by atoms with Gasteiger partial charge in [-0.15, -0.1) is 16.7 Å². The number of imide groups is 1. The van der Waals surface area contributed by atoms with Gasteiger partial charge >= 0.3 is 12.2 Å². The first-order chi connectivity index (χ1) is 19.1. The Kier molecular flexibility index (Phi) is 8.33. The van der Waals surface area contributed by atoms with E-state index in [1.54, 1.807) is 59.5 Å². The summed E-state index contributed by atoms with van der Waals surface area (Å²) in [4.78, 5) is 41.4. The highest BCUT2D eigenvalue weighted by atomic mass is 32.2. The molecule has 2 amide bonds. The Bertz CT molecular complexity index is 1510. The quantitative estimate of drug-likeness (QED) is 0.404. The normalized spacial score (nSPS) is 13.5. The molecule has 3 aromatic rings. The number of ether oxygens (including phenoxy) is 3. The predicted octanol–water partition coefficient (Wildman–Crippen LogP) is 5.02. The van der Waals surface area contributed by atoms with Gasteiger partial charge in [-0.3, -0.25) is 4.98 Å². The largest absolute Gasteiger partial charge is 0.496 e. The summed E-state index contributed by atoms with van der Waals surface area (Å²) in [6.45, 7) is 14.7. The SMILES string of the molecule is COc1c(C)cnc(Cn2nc3c4c(nc(N(C(=O)OC(C)(C)C)C(=O)OC(C)(C)C)nc42)SCC(CN)=C3)c1C. The monoisotopic (exact) mass is 583 g/mol. The van der Waals surface area contributed by atoms with Crippen molar-refractivity contribution in [3.8, 4) is 5.75 Å². The Labute approximate surface area is 243 Å². The van der Waals surface area contributed by atoms with Crippen LogP contribution in [0.5, 0.6) is 5.75 Å². The van der Waals surface area contributed by atoms with Gasteiger partial charge in [0.05, 0.1) is 30.4 Å². The predicted molar refractivity (Wildman–Crippen MR) is 157 cm³/mol. The molecule has 4 heterocycles. The van der Waals surface area contributed by atoms with Crippen LogP contribution in [0, 0.1) is 13.8 Å². The van der Waals surface area contributed by atoms with Crippen LogP contribution in [-0.2, 0) is 16.0 Å². The van der Waals surface area contributed by atoms with Crippen molar-refractivity contribution < 1.29 is 23.8 Å². The minimum atomic E-state index is -0.954. The fraction of sp³-hybridized carbons (Fsp3) is 0.500. The highest BCUT2D eigenvalue weighted by Crippen LogP contribution is 2.36. The molecule has 220 valence electrons. The molecule has 13 heteroatoms. The van der Waals surface area contributed by atoms with E-state index in [1.165, 1.54) is 11.8 Å². The van der Waals surface area contributed by atoms with Crippen LogP contribution < -0.4 is 15.4 Å². The third-order valence-corrected chi connectivity index (χ3v) is 7.06. The van der Waals surface area contributed by atoms with Crippen molar-refractivity contribution in [1.82, 2.24) is 24.7 Å². The van der Waals surface area contributed by atoms with Crippen molar-refractivity contribution >= 4 is 47.0 Å². The van der Waals surface area contributed by atoms with Crippen LogP contribution in [0.25, 0.3) is 17.1 Å². The van der Waals surface area contributed by atoms with Gasteiger partial charge in [0.1, 0.15) is 22.0 Å². The summed E-state index contributed by atoms with van der Waals surface area (Å²) in [5, 5.41) is 6.08. The van der Waals surface area contributed by atoms with E-state index in [9.17, 15) is 9.59 Å². The van der Waals surface area contributed by atoms with Crippen LogP contribution in [0.4, 0.5) is 15.5 Å². The fourth-order valence-electron chi connectivity index (χ4n) is 4.21. The lowest BCUT2D eigenvalue weighted by molar-refractivity contribution is 0.0427. The standard InChI is InChI=1S/C28H37N7O5S/c1-15-12-30-19(16(2)21(15)38-9)13-34-22-20-18(33-34)10-17(11-29)14-41-23(20)32-24(31-22)35(25(36)39-27(3,4)5)26(37)40-28(6,7)8/h10,12H,11,13-14,29H2,1-9H3. The number of carbonyl (C=O) groups excluding carboxylic acids is 2. The van der Waals surface area contributed by atoms with Crippen LogP contribution in [0.1, 0.15) is 64.1 Å². The van der Waals surface area contributed by atoms with Crippen molar-refractivity contribution in [2.45, 2.75) is 78.2 Å². The second-order valence-electron chi connectivity index (χ2n) is 11.7. The number of hydrogen-bond donors (Lipinski definition) is 1. The van der Waals surface area contributed by atoms with E-state index >= 15 is 0 Å². The summed E-state index contributed by atoms with van der Waals surface area (Å²) in [7, 11) is 1.62. The van der Waals surface area contributed by atoms with E-state index < -0.39 is 23.4 Å². The molecule has 0 radical (unpaired) electrons. The molecule has 0 unspecified atom stereocenters. The number of nitrogens with zero attached hydrogens (tertiary/aromatic N) is 6. The molecule has 41 heavy (non-hydrogen) atoms. The molecule has 0 aromatic carbocycles. The average molecular weight is 584 g/mol. The Morgan fingerprint density at radius 1 is 1.07 bits per heavy atom. The van der Waals surface area contributed by atoms with Crippen LogP contribution in [-0.4, -0.2) is 67.5 Å². The fourth-order valence-corrected chi connectivity index (χ4v) is 5.22. The van der Waals surface area contributed by atoms with Gasteiger partial charge in [0.25, 0.3) is 0 Å². The molecule has 0 aliphatic carbocycles. The lowest BCUT2D eigenvalue weighted by Gasteiger charge is -2.27. The summed E-state index contributed by atoms with van der Waals surface area (Å²) in [6.07, 6.45) is 1.77. The number of aryl methyl sites for hydroxylation is 1. The third-order valence-electron chi connectivity index (χ3n) is 5.97. The summed E-state index contributed by atoms with van der Waals surface area (Å²) in [5.41, 5.74) is 8.77. The van der Waals surface area contributed by atoms with Crippen molar-refractivity contribution in [3.05, 3.63) is 34.3 Å². The van der Waals surface area contributed by atoms with Crippen molar-refractivity contribution in [2.24, 2.45) is 5.73 Å². The van der Waals surface area contributed by atoms with Gasteiger partial charge in [-0.05, 0) is 67.0 Å². The highest BCUT2D eigenvalue weighted by Gasteiger charge is 2.36. The minimum Gasteiger partial charge on any atom is -0.496 e. The minimum absolute atomic E-state index is 0.182. The molecule has 0 spiro atoms. The number of pyridine rings is 1. The Morgan fingerprint density at radius 2 is 1.71 bits per heavy atom. The van der Waals surface area contributed by atoms with E-state index in [-0.39, 0.29) is 12.5 Å². The number of nitrogens with two attached hydrogens (primary N) is 1. The van der Waals surface area contributed by atoms with Crippen LogP contribution in [0.3, 0.4) is 0 Å². The van der Waals surface area contributed by atoms with Crippen molar-refractivity contribution in [1.29, 1.82) is 0 Å². The Hall–Kier alpha value is -3.71. The number of thioether (sulfide) groups is 1. The Morgan fingerprint density at radius 3 is 2.27 bits per heavy atom. The molecule has 1 aliphatic heterocycles. The van der Waals surface area contributed by atoms with Gasteiger partial charge in [0.2, 0.25) is 5.95 Å². The van der Waals surface area contributed by atoms with Crippen molar-refractivity contribution in [2.75, 3.05) is 24.3 Å². The zero-order chi connectivity index (χ0) is 30.3. The number of rotatable bonds is 5. The molecule has 0 saturated carbocycles. The molecular formula is C28H37N7O5S. The number of anilines is 1. The Balaban J connectivity index is 1.92. The first kappa shape index (κ1) is 30.3. The van der Waals surface area contributed by atoms with Gasteiger partial charge in [0.15, 0.2) is 5.65 Å². The summed E-state index contributed by atoms with van der Waals surface area (Å²) in [6, 6.07) is 0. The number of hydrogen-bond acceptors (Lipinski definition) is 11. The van der Waals surface area contributed by atoms with Gasteiger partial charge in [0, 0.05) is 29.6 Å². The van der Waals surface area contributed by atoms with E-state index in [1.807, 2.05) is 19.9 Å². The molecule has 4 rings (SSSR count). The molecule has 0 atom stereocenters. The second kappa shape index (κ2) is 11.3. The van der Waals surface area contributed by atoms with E-state index in [0.717, 1.165) is 33.0 Å². The summed E-state index contributed by atoms with van der Waals surface area (Å²) < 4.78 is 18.4. The molecule has 0 saturated heterocycles. The van der Waals surface area contributed by atoms with Gasteiger partial charge < -0.3 is 19.9 Å².